The van der Waals surface area contributed by atoms with Crippen molar-refractivity contribution in [1.82, 2.24) is 0 Å². The number of methoxy groups -OCH3 is 1. The van der Waals surface area contributed by atoms with Crippen LogP contribution in [0.3, 0.4) is 0 Å². The molecule has 0 aromatic heterocycles. The summed E-state index contributed by atoms with van der Waals surface area (Å²) in [6.07, 6.45) is -0.657. The lowest BCUT2D eigenvalue weighted by Crippen LogP contribution is -2.06. The van der Waals surface area contributed by atoms with Crippen LogP contribution in [-0.2, 0) is 0 Å². The van der Waals surface area contributed by atoms with Crippen LogP contribution in [0.2, 0.25) is 0 Å². The Balaban J connectivity index is 2.53. The first-order valence-corrected chi connectivity index (χ1v) is 6.44. The Morgan fingerprint density at radius 3 is 2.21 bits per heavy atom. The smallest absolute Gasteiger partial charge is 0.128 e. The fourth-order valence-electron chi connectivity index (χ4n) is 2.36. The first-order chi connectivity index (χ1) is 9.06. The number of benzene rings is 2. The fraction of sp³-hybridized carbons (Fsp3) is 0.294. The molecule has 0 fully saturated rings. The number of hydrogen-bond donors (Lipinski definition) is 1. The van der Waals surface area contributed by atoms with Crippen molar-refractivity contribution in [3.8, 4) is 5.75 Å². The highest BCUT2D eigenvalue weighted by Crippen LogP contribution is 2.34. The lowest BCUT2D eigenvalue weighted by Gasteiger charge is -2.19. The van der Waals surface area contributed by atoms with Crippen molar-refractivity contribution in [3.63, 3.8) is 0 Å². The number of hydrogen-bond acceptors (Lipinski definition) is 2. The maximum atomic E-state index is 10.6. The van der Waals surface area contributed by atoms with Crippen molar-refractivity contribution in [2.45, 2.75) is 26.9 Å². The Kier molecular flexibility index (Phi) is 3.91. The summed E-state index contributed by atoms with van der Waals surface area (Å²) in [5.41, 5.74) is 5.06. The van der Waals surface area contributed by atoms with Crippen LogP contribution in [0, 0.1) is 20.8 Å². The fourth-order valence-corrected chi connectivity index (χ4v) is 2.36. The van der Waals surface area contributed by atoms with E-state index in [-0.39, 0.29) is 0 Å². The van der Waals surface area contributed by atoms with Gasteiger partial charge in [-0.1, -0.05) is 36.4 Å². The highest BCUT2D eigenvalue weighted by molar-refractivity contribution is 5.49. The third-order valence-corrected chi connectivity index (χ3v) is 3.69. The largest absolute Gasteiger partial charge is 0.496 e. The van der Waals surface area contributed by atoms with E-state index in [4.69, 9.17) is 4.74 Å². The lowest BCUT2D eigenvalue weighted by molar-refractivity contribution is 0.213. The van der Waals surface area contributed by atoms with Gasteiger partial charge in [-0.15, -0.1) is 0 Å². The van der Waals surface area contributed by atoms with Crippen LogP contribution < -0.4 is 4.74 Å². The molecule has 2 aromatic carbocycles. The van der Waals surface area contributed by atoms with Gasteiger partial charge < -0.3 is 9.84 Å². The van der Waals surface area contributed by atoms with Crippen LogP contribution in [-0.4, -0.2) is 12.2 Å². The zero-order chi connectivity index (χ0) is 14.0. The summed E-state index contributed by atoms with van der Waals surface area (Å²) in [5.74, 6) is 0.774. The first-order valence-electron chi connectivity index (χ1n) is 6.44. The molecule has 0 saturated carbocycles. The van der Waals surface area contributed by atoms with Gasteiger partial charge in [0.2, 0.25) is 0 Å². The van der Waals surface area contributed by atoms with Crippen molar-refractivity contribution in [1.29, 1.82) is 0 Å². The third kappa shape index (κ3) is 2.49. The Hall–Kier alpha value is -1.80. The maximum Gasteiger partial charge on any atom is 0.128 e. The second-order valence-electron chi connectivity index (χ2n) is 4.89. The summed E-state index contributed by atoms with van der Waals surface area (Å²) in [7, 11) is 1.65. The molecule has 0 radical (unpaired) electrons. The van der Waals surface area contributed by atoms with E-state index in [0.29, 0.717) is 0 Å². The summed E-state index contributed by atoms with van der Waals surface area (Å²) in [6, 6.07) is 11.8. The van der Waals surface area contributed by atoms with Gasteiger partial charge in [-0.3, -0.25) is 0 Å². The molecule has 100 valence electrons. The van der Waals surface area contributed by atoms with Crippen LogP contribution >= 0.6 is 0 Å². The summed E-state index contributed by atoms with van der Waals surface area (Å²) in [6.45, 7) is 6.07. The van der Waals surface area contributed by atoms with E-state index in [0.717, 1.165) is 33.6 Å². The Bertz CT molecular complexity index is 588. The number of ether oxygens (including phenoxy) is 1. The van der Waals surface area contributed by atoms with Crippen LogP contribution in [0.15, 0.2) is 36.4 Å². The summed E-state index contributed by atoms with van der Waals surface area (Å²) >= 11 is 0. The normalized spacial score (nSPS) is 12.3. The molecular formula is C17H20O2. The van der Waals surface area contributed by atoms with Crippen LogP contribution in [0.25, 0.3) is 0 Å². The van der Waals surface area contributed by atoms with Gasteiger partial charge in [0.1, 0.15) is 11.9 Å². The molecule has 0 aliphatic heterocycles. The minimum Gasteiger partial charge on any atom is -0.496 e. The average Bonchev–Trinajstić information content (AvgIpc) is 2.41. The monoisotopic (exact) mass is 256 g/mol. The molecule has 19 heavy (non-hydrogen) atoms. The van der Waals surface area contributed by atoms with Crippen molar-refractivity contribution in [2.24, 2.45) is 0 Å². The van der Waals surface area contributed by atoms with Crippen LogP contribution in [0.5, 0.6) is 5.75 Å². The Morgan fingerprint density at radius 1 is 0.895 bits per heavy atom. The molecular weight excluding hydrogens is 236 g/mol. The van der Waals surface area contributed by atoms with E-state index in [1.807, 2.05) is 57.2 Å². The summed E-state index contributed by atoms with van der Waals surface area (Å²) < 4.78 is 5.48. The van der Waals surface area contributed by atoms with Crippen molar-refractivity contribution >= 4 is 0 Å². The second-order valence-corrected chi connectivity index (χ2v) is 4.89. The van der Waals surface area contributed by atoms with E-state index in [9.17, 15) is 5.11 Å². The molecule has 0 spiro atoms. The highest BCUT2D eigenvalue weighted by atomic mass is 16.5. The van der Waals surface area contributed by atoms with Gasteiger partial charge in [0.15, 0.2) is 0 Å². The Morgan fingerprint density at radius 2 is 1.58 bits per heavy atom. The molecule has 2 heteroatoms. The molecule has 2 rings (SSSR count). The van der Waals surface area contributed by atoms with Crippen LogP contribution in [0.1, 0.15) is 33.9 Å². The van der Waals surface area contributed by atoms with E-state index in [1.54, 1.807) is 7.11 Å². The van der Waals surface area contributed by atoms with Crippen molar-refractivity contribution in [3.05, 3.63) is 64.2 Å². The molecule has 1 unspecified atom stereocenters. The highest BCUT2D eigenvalue weighted by Gasteiger charge is 2.18. The first kappa shape index (κ1) is 13.6. The summed E-state index contributed by atoms with van der Waals surface area (Å²) in [5, 5.41) is 10.6. The number of aryl methyl sites for hydroxylation is 2. The maximum absolute atomic E-state index is 10.6. The zero-order valence-electron chi connectivity index (χ0n) is 11.9. The SMILES string of the molecule is COc1c(C(O)c2ccccc2C)ccc(C)c1C. The van der Waals surface area contributed by atoms with E-state index >= 15 is 0 Å². The lowest BCUT2D eigenvalue weighted by atomic mass is 9.94. The van der Waals surface area contributed by atoms with Crippen LogP contribution in [0.4, 0.5) is 0 Å². The standard InChI is InChI=1S/C17H20O2/c1-11-9-10-15(17(19-4)13(11)3)16(18)14-8-6-5-7-12(14)2/h5-10,16,18H,1-4H3. The predicted molar refractivity (Wildman–Crippen MR) is 77.7 cm³/mol. The molecule has 1 N–H and O–H groups in total. The molecule has 0 amide bonds. The van der Waals surface area contributed by atoms with E-state index < -0.39 is 6.10 Å². The average molecular weight is 256 g/mol. The second kappa shape index (κ2) is 5.45. The number of aliphatic hydroxyl groups excluding tert-OH is 1. The van der Waals surface area contributed by atoms with Gasteiger partial charge >= 0.3 is 0 Å². The minimum absolute atomic E-state index is 0.657. The van der Waals surface area contributed by atoms with Gasteiger partial charge in [-0.05, 0) is 43.0 Å². The Labute approximate surface area is 114 Å². The molecule has 0 aliphatic carbocycles. The molecule has 2 nitrogen and oxygen atoms in total. The van der Waals surface area contributed by atoms with Gasteiger partial charge in [0.25, 0.3) is 0 Å². The molecule has 2 aromatic rings. The third-order valence-electron chi connectivity index (χ3n) is 3.69. The van der Waals surface area contributed by atoms with E-state index in [2.05, 4.69) is 0 Å². The van der Waals surface area contributed by atoms with Gasteiger partial charge in [-0.2, -0.15) is 0 Å². The van der Waals surface area contributed by atoms with Gasteiger partial charge in [0.05, 0.1) is 7.11 Å². The molecule has 0 bridgehead atoms. The number of rotatable bonds is 3. The van der Waals surface area contributed by atoms with Gasteiger partial charge in [-0.25, -0.2) is 0 Å². The summed E-state index contributed by atoms with van der Waals surface area (Å²) in [4.78, 5) is 0. The minimum atomic E-state index is -0.657. The molecule has 0 aliphatic rings. The van der Waals surface area contributed by atoms with Crippen molar-refractivity contribution in [2.75, 3.05) is 7.11 Å². The zero-order valence-corrected chi connectivity index (χ0v) is 11.9. The molecule has 0 heterocycles. The number of aliphatic hydroxyl groups is 1. The molecule has 1 atom stereocenters. The van der Waals surface area contributed by atoms with Crippen molar-refractivity contribution < 1.29 is 9.84 Å². The van der Waals surface area contributed by atoms with E-state index in [1.165, 1.54) is 0 Å². The molecule has 0 saturated heterocycles. The topological polar surface area (TPSA) is 29.5 Å². The van der Waals surface area contributed by atoms with Gasteiger partial charge in [0, 0.05) is 5.56 Å². The quantitative estimate of drug-likeness (QED) is 0.907. The predicted octanol–water partition coefficient (Wildman–Crippen LogP) is 3.70.